The van der Waals surface area contributed by atoms with E-state index in [9.17, 15) is 0 Å². The van der Waals surface area contributed by atoms with Gasteiger partial charge in [-0.3, -0.25) is 0 Å². The fraction of sp³-hybridized carbons (Fsp3) is 0.0294. The van der Waals surface area contributed by atoms with Crippen LogP contribution in [0.25, 0.3) is 49.7 Å². The molecule has 11 aromatic carbocycles. The number of para-hydroxylation sites is 2. The van der Waals surface area contributed by atoms with Crippen molar-refractivity contribution in [3.63, 3.8) is 0 Å². The maximum absolute atomic E-state index is 2.42. The van der Waals surface area contributed by atoms with Crippen LogP contribution in [0, 0.1) is 0 Å². The molecule has 2 nitrogen and oxygen atoms in total. The summed E-state index contributed by atoms with van der Waals surface area (Å²) in [5, 5.41) is 2.46. The Kier molecular flexibility index (Phi) is 9.06. The molecule has 0 saturated heterocycles. The monoisotopic (exact) mass is 890 g/mol. The highest BCUT2D eigenvalue weighted by Gasteiger charge is 2.57. The van der Waals surface area contributed by atoms with E-state index in [1.807, 2.05) is 0 Å². The van der Waals surface area contributed by atoms with E-state index < -0.39 is 10.8 Å². The molecule has 14 rings (SSSR count). The second kappa shape index (κ2) is 15.8. The van der Waals surface area contributed by atoms with Crippen molar-refractivity contribution in [1.82, 2.24) is 4.57 Å². The van der Waals surface area contributed by atoms with E-state index in [0.717, 1.165) is 28.3 Å². The molecule has 0 fully saturated rings. The van der Waals surface area contributed by atoms with Crippen LogP contribution in [-0.2, 0) is 10.8 Å². The minimum atomic E-state index is -0.639. The second-order valence-corrected chi connectivity index (χ2v) is 18.7. The fourth-order valence-corrected chi connectivity index (χ4v) is 12.5. The van der Waals surface area contributed by atoms with Crippen molar-refractivity contribution >= 4 is 38.9 Å². The van der Waals surface area contributed by atoms with Gasteiger partial charge >= 0.3 is 0 Å². The minimum absolute atomic E-state index is 0.498. The fourth-order valence-electron chi connectivity index (χ4n) is 12.5. The van der Waals surface area contributed by atoms with Crippen LogP contribution in [0.3, 0.4) is 0 Å². The largest absolute Gasteiger partial charge is 0.310 e. The first kappa shape index (κ1) is 40.1. The molecule has 328 valence electrons. The van der Waals surface area contributed by atoms with Crippen molar-refractivity contribution in [2.75, 3.05) is 4.90 Å². The van der Waals surface area contributed by atoms with E-state index in [0.29, 0.717) is 0 Å². The maximum Gasteiger partial charge on any atom is 0.0720 e. The number of hydrogen-bond acceptors (Lipinski definition) is 1. The Bertz CT molecular complexity index is 3910. The normalized spacial score (nSPS) is 16.4. The maximum atomic E-state index is 2.42. The van der Waals surface area contributed by atoms with E-state index in [1.165, 1.54) is 83.1 Å². The smallest absolute Gasteiger partial charge is 0.0720 e. The number of hydrogen-bond donors (Lipinski definition) is 0. The van der Waals surface area contributed by atoms with Gasteiger partial charge in [0.15, 0.2) is 0 Å². The first-order valence-corrected chi connectivity index (χ1v) is 24.3. The zero-order valence-electron chi connectivity index (χ0n) is 38.5. The lowest BCUT2D eigenvalue weighted by molar-refractivity contribution is 0.626. The minimum Gasteiger partial charge on any atom is -0.310 e. The Balaban J connectivity index is 1.01. The van der Waals surface area contributed by atoms with Crippen LogP contribution in [0.15, 0.2) is 279 Å². The van der Waals surface area contributed by atoms with Crippen LogP contribution in [-0.4, -0.2) is 4.57 Å². The summed E-state index contributed by atoms with van der Waals surface area (Å²) in [6.07, 6.45) is 0. The first-order valence-electron chi connectivity index (χ1n) is 24.3. The van der Waals surface area contributed by atoms with Gasteiger partial charge in [-0.1, -0.05) is 224 Å². The van der Waals surface area contributed by atoms with Gasteiger partial charge in [-0.25, -0.2) is 0 Å². The van der Waals surface area contributed by atoms with Gasteiger partial charge in [-0.2, -0.15) is 0 Å². The summed E-state index contributed by atoms with van der Waals surface area (Å²) in [5.41, 5.74) is 21.0. The molecule has 0 radical (unpaired) electrons. The van der Waals surface area contributed by atoms with E-state index in [2.05, 4.69) is 289 Å². The lowest BCUT2D eigenvalue weighted by atomic mass is 9.52. The zero-order chi connectivity index (χ0) is 46.2. The van der Waals surface area contributed by atoms with E-state index >= 15 is 0 Å². The SMILES string of the molecule is c1ccc(-c2ccc(N(c3ccc(C4(c5ccccc5)c5ccccc5C5(c6ccccc6)c6ccccc6-c6cccc4c65)cc3)c3ccc4c5ccccc5n(-c5ccccc5)c4c3)cc2)cc1. The predicted molar refractivity (Wildman–Crippen MR) is 290 cm³/mol. The summed E-state index contributed by atoms with van der Waals surface area (Å²) < 4.78 is 2.41. The van der Waals surface area contributed by atoms with E-state index in [-0.39, 0.29) is 0 Å². The van der Waals surface area contributed by atoms with Crippen LogP contribution < -0.4 is 4.90 Å². The number of fused-ring (bicyclic) bond motifs is 8. The van der Waals surface area contributed by atoms with Gasteiger partial charge in [-0.05, 0) is 121 Å². The third-order valence-corrected chi connectivity index (χ3v) is 15.3. The van der Waals surface area contributed by atoms with Gasteiger partial charge < -0.3 is 9.47 Å². The molecule has 2 heteroatoms. The molecule has 0 bridgehead atoms. The molecule has 1 aromatic heterocycles. The molecule has 0 amide bonds. The van der Waals surface area contributed by atoms with Gasteiger partial charge in [0.05, 0.1) is 21.9 Å². The zero-order valence-corrected chi connectivity index (χ0v) is 38.5. The lowest BCUT2D eigenvalue weighted by Crippen LogP contribution is -2.44. The summed E-state index contributed by atoms with van der Waals surface area (Å²) in [6.45, 7) is 0. The molecule has 2 atom stereocenters. The predicted octanol–water partition coefficient (Wildman–Crippen LogP) is 17.0. The molecule has 70 heavy (non-hydrogen) atoms. The standard InChI is InChI=1S/C68H46N2/c1-5-20-47(21-6-1)48-36-40-53(41-37-48)69(55-44-45-58-57-29-14-18-35-64(57)70(65(58)46-55)52-26-11-4-12-27-52)54-42-38-51(39-43-54)67(49-22-7-2-8-23-49)61-32-16-17-33-62(61)68(50-24-9-3-10-25-50)60-31-15-13-28-56(60)59-30-19-34-63(67)66(59)68/h1-46H. The van der Waals surface area contributed by atoms with Crippen LogP contribution in [0.1, 0.15) is 44.5 Å². The van der Waals surface area contributed by atoms with Gasteiger partial charge in [0.2, 0.25) is 0 Å². The Hall–Kier alpha value is -8.98. The Morgan fingerprint density at radius 2 is 0.757 bits per heavy atom. The molecule has 0 aliphatic heterocycles. The quantitative estimate of drug-likeness (QED) is 0.148. The number of nitrogens with zero attached hydrogens (tertiary/aromatic N) is 2. The second-order valence-electron chi connectivity index (χ2n) is 18.7. The highest BCUT2D eigenvalue weighted by Crippen LogP contribution is 2.65. The van der Waals surface area contributed by atoms with Crippen molar-refractivity contribution < 1.29 is 0 Å². The van der Waals surface area contributed by atoms with Gasteiger partial charge in [0.25, 0.3) is 0 Å². The molecule has 0 saturated carbocycles. The van der Waals surface area contributed by atoms with Crippen LogP contribution in [0.5, 0.6) is 0 Å². The van der Waals surface area contributed by atoms with Crippen LogP contribution >= 0.6 is 0 Å². The molecule has 1 heterocycles. The third-order valence-electron chi connectivity index (χ3n) is 15.3. The summed E-state index contributed by atoms with van der Waals surface area (Å²) in [4.78, 5) is 2.42. The average molecular weight is 891 g/mol. The van der Waals surface area contributed by atoms with Gasteiger partial charge in [0, 0.05) is 33.5 Å². The average Bonchev–Trinajstić information content (AvgIpc) is 3.94. The van der Waals surface area contributed by atoms with E-state index in [4.69, 9.17) is 0 Å². The number of aromatic nitrogens is 1. The first-order chi connectivity index (χ1) is 34.7. The molecular formula is C68H46N2. The van der Waals surface area contributed by atoms with Crippen LogP contribution in [0.2, 0.25) is 0 Å². The highest BCUT2D eigenvalue weighted by molar-refractivity contribution is 6.10. The summed E-state index contributed by atoms with van der Waals surface area (Å²) in [5.74, 6) is 0. The van der Waals surface area contributed by atoms with Crippen molar-refractivity contribution in [2.24, 2.45) is 0 Å². The van der Waals surface area contributed by atoms with Gasteiger partial charge in [-0.15, -0.1) is 0 Å². The molecule has 12 aromatic rings. The molecular weight excluding hydrogens is 845 g/mol. The van der Waals surface area contributed by atoms with Gasteiger partial charge in [0.1, 0.15) is 0 Å². The lowest BCUT2D eigenvalue weighted by Gasteiger charge is -2.49. The molecule has 2 aliphatic rings. The number of benzene rings is 11. The topological polar surface area (TPSA) is 8.17 Å². The van der Waals surface area contributed by atoms with E-state index in [1.54, 1.807) is 0 Å². The van der Waals surface area contributed by atoms with Crippen LogP contribution in [0.4, 0.5) is 17.1 Å². The van der Waals surface area contributed by atoms with Crippen molar-refractivity contribution in [2.45, 2.75) is 10.8 Å². The third kappa shape index (κ3) is 5.68. The highest BCUT2D eigenvalue weighted by atomic mass is 15.1. The Labute approximate surface area is 408 Å². The summed E-state index contributed by atoms with van der Waals surface area (Å²) >= 11 is 0. The van der Waals surface area contributed by atoms with Crippen molar-refractivity contribution in [1.29, 1.82) is 0 Å². The summed E-state index contributed by atoms with van der Waals surface area (Å²) in [6, 6.07) is 104. The Morgan fingerprint density at radius 3 is 1.46 bits per heavy atom. The molecule has 0 N–H and O–H groups in total. The Morgan fingerprint density at radius 1 is 0.286 bits per heavy atom. The molecule has 2 aliphatic carbocycles. The molecule has 2 unspecified atom stereocenters. The number of anilines is 3. The molecule has 0 spiro atoms. The van der Waals surface area contributed by atoms with Crippen molar-refractivity contribution in [3.8, 4) is 27.9 Å². The number of rotatable bonds is 8. The summed E-state index contributed by atoms with van der Waals surface area (Å²) in [7, 11) is 0. The van der Waals surface area contributed by atoms with Crippen molar-refractivity contribution in [3.05, 3.63) is 324 Å².